The Bertz CT molecular complexity index is 544. The molecular formula is C18H22O2. The third-order valence-electron chi connectivity index (χ3n) is 3.24. The summed E-state index contributed by atoms with van der Waals surface area (Å²) < 4.78 is 5.61. The maximum Gasteiger partial charge on any atom is 0.119 e. The van der Waals surface area contributed by atoms with Crippen LogP contribution < -0.4 is 4.74 Å². The minimum atomic E-state index is -0.588. The zero-order valence-electron chi connectivity index (χ0n) is 12.3. The van der Waals surface area contributed by atoms with Gasteiger partial charge in [-0.25, -0.2) is 0 Å². The van der Waals surface area contributed by atoms with Gasteiger partial charge in [-0.3, -0.25) is 0 Å². The van der Waals surface area contributed by atoms with Gasteiger partial charge in [0.25, 0.3) is 0 Å². The largest absolute Gasteiger partial charge is 0.491 e. The van der Waals surface area contributed by atoms with Crippen LogP contribution in [0.25, 0.3) is 0 Å². The highest BCUT2D eigenvalue weighted by Gasteiger charge is 2.11. The lowest BCUT2D eigenvalue weighted by atomic mass is 9.99. The van der Waals surface area contributed by atoms with Crippen LogP contribution >= 0.6 is 0 Å². The number of ether oxygens (including phenoxy) is 1. The highest BCUT2D eigenvalue weighted by molar-refractivity contribution is 5.35. The first-order valence-electron chi connectivity index (χ1n) is 7.13. The van der Waals surface area contributed by atoms with Crippen LogP contribution in [-0.4, -0.2) is 11.2 Å². The average Bonchev–Trinajstić information content (AvgIpc) is 2.47. The number of rotatable bonds is 5. The molecule has 0 fully saturated rings. The van der Waals surface area contributed by atoms with Crippen LogP contribution in [0, 0.1) is 0 Å². The van der Waals surface area contributed by atoms with E-state index in [2.05, 4.69) is 19.1 Å². The average molecular weight is 270 g/mol. The van der Waals surface area contributed by atoms with E-state index in [1.165, 1.54) is 5.56 Å². The van der Waals surface area contributed by atoms with Crippen molar-refractivity contribution in [3.8, 4) is 5.75 Å². The number of aryl methyl sites for hydroxylation is 1. The molecule has 2 heteroatoms. The second-order valence-corrected chi connectivity index (χ2v) is 5.24. The van der Waals surface area contributed by atoms with Crippen LogP contribution in [-0.2, 0) is 6.42 Å². The minimum absolute atomic E-state index is 0.159. The topological polar surface area (TPSA) is 29.5 Å². The third-order valence-corrected chi connectivity index (χ3v) is 3.24. The summed E-state index contributed by atoms with van der Waals surface area (Å²) in [4.78, 5) is 0. The molecule has 2 aromatic carbocycles. The van der Waals surface area contributed by atoms with Crippen molar-refractivity contribution in [2.75, 3.05) is 0 Å². The van der Waals surface area contributed by atoms with Gasteiger partial charge in [0.2, 0.25) is 0 Å². The maximum atomic E-state index is 10.4. The molecule has 1 unspecified atom stereocenters. The second-order valence-electron chi connectivity index (χ2n) is 5.24. The number of hydrogen-bond acceptors (Lipinski definition) is 2. The normalized spacial score (nSPS) is 12.4. The minimum Gasteiger partial charge on any atom is -0.491 e. The van der Waals surface area contributed by atoms with E-state index in [1.54, 1.807) is 0 Å². The fourth-order valence-electron chi connectivity index (χ4n) is 2.18. The number of aliphatic hydroxyl groups is 1. The summed E-state index contributed by atoms with van der Waals surface area (Å²) in [6, 6.07) is 15.7. The summed E-state index contributed by atoms with van der Waals surface area (Å²) in [5.41, 5.74) is 3.05. The van der Waals surface area contributed by atoms with Crippen molar-refractivity contribution in [1.82, 2.24) is 0 Å². The van der Waals surface area contributed by atoms with E-state index in [9.17, 15) is 5.11 Å². The maximum absolute atomic E-state index is 10.4. The van der Waals surface area contributed by atoms with E-state index in [0.29, 0.717) is 0 Å². The fraction of sp³-hybridized carbons (Fsp3) is 0.333. The van der Waals surface area contributed by atoms with Crippen LogP contribution in [0.15, 0.2) is 48.5 Å². The molecule has 106 valence electrons. The Morgan fingerprint density at radius 2 is 1.70 bits per heavy atom. The molecular weight excluding hydrogens is 248 g/mol. The van der Waals surface area contributed by atoms with Crippen LogP contribution in [0.3, 0.4) is 0 Å². The first-order chi connectivity index (χ1) is 9.60. The van der Waals surface area contributed by atoms with E-state index < -0.39 is 6.10 Å². The van der Waals surface area contributed by atoms with Gasteiger partial charge in [-0.05, 0) is 49.1 Å². The second kappa shape index (κ2) is 6.58. The van der Waals surface area contributed by atoms with Crippen LogP contribution in [0.1, 0.15) is 43.6 Å². The molecule has 0 aromatic heterocycles. The summed E-state index contributed by atoms with van der Waals surface area (Å²) in [6.07, 6.45) is 0.545. The summed E-state index contributed by atoms with van der Waals surface area (Å²) >= 11 is 0. The molecule has 0 radical (unpaired) electrons. The molecule has 0 saturated carbocycles. The highest BCUT2D eigenvalue weighted by Crippen LogP contribution is 2.25. The molecule has 1 N–H and O–H groups in total. The zero-order valence-corrected chi connectivity index (χ0v) is 12.3. The third kappa shape index (κ3) is 3.61. The lowest BCUT2D eigenvalue weighted by Crippen LogP contribution is -2.06. The molecule has 0 amide bonds. The predicted molar refractivity (Wildman–Crippen MR) is 82.1 cm³/mol. The predicted octanol–water partition coefficient (Wildman–Crippen LogP) is 4.12. The van der Waals surface area contributed by atoms with Crippen molar-refractivity contribution in [1.29, 1.82) is 0 Å². The number of aliphatic hydroxyl groups excluding tert-OH is 1. The Kier molecular flexibility index (Phi) is 4.80. The van der Waals surface area contributed by atoms with Gasteiger partial charge in [0.15, 0.2) is 0 Å². The van der Waals surface area contributed by atoms with E-state index in [-0.39, 0.29) is 6.10 Å². The molecule has 0 aliphatic carbocycles. The van der Waals surface area contributed by atoms with Crippen molar-refractivity contribution < 1.29 is 9.84 Å². The van der Waals surface area contributed by atoms with E-state index in [1.807, 2.05) is 50.2 Å². The summed E-state index contributed by atoms with van der Waals surface area (Å²) in [6.45, 7) is 6.11. The van der Waals surface area contributed by atoms with Crippen LogP contribution in [0.5, 0.6) is 5.75 Å². The van der Waals surface area contributed by atoms with Crippen molar-refractivity contribution in [2.45, 2.75) is 39.4 Å². The van der Waals surface area contributed by atoms with Crippen molar-refractivity contribution in [2.24, 2.45) is 0 Å². The molecule has 2 rings (SSSR count). The summed E-state index contributed by atoms with van der Waals surface area (Å²) in [7, 11) is 0. The summed E-state index contributed by atoms with van der Waals surface area (Å²) in [5, 5.41) is 10.4. The fourth-order valence-corrected chi connectivity index (χ4v) is 2.18. The van der Waals surface area contributed by atoms with Gasteiger partial charge >= 0.3 is 0 Å². The van der Waals surface area contributed by atoms with Crippen molar-refractivity contribution >= 4 is 0 Å². The Labute approximate surface area is 121 Å². The lowest BCUT2D eigenvalue weighted by Gasteiger charge is -2.14. The molecule has 0 aliphatic rings. The van der Waals surface area contributed by atoms with Crippen molar-refractivity contribution in [3.05, 3.63) is 65.2 Å². The molecule has 0 aliphatic heterocycles. The Morgan fingerprint density at radius 1 is 1.00 bits per heavy atom. The zero-order chi connectivity index (χ0) is 14.5. The molecule has 2 aromatic rings. The van der Waals surface area contributed by atoms with E-state index in [4.69, 9.17) is 4.74 Å². The standard InChI is InChI=1S/C18H22O2/c1-4-14-6-5-7-16(12-14)18(19)15-8-10-17(11-9-15)20-13(2)3/h5-13,18-19H,4H2,1-3H3. The molecule has 20 heavy (non-hydrogen) atoms. The summed E-state index contributed by atoms with van der Waals surface area (Å²) in [5.74, 6) is 0.832. The quantitative estimate of drug-likeness (QED) is 0.885. The Hall–Kier alpha value is -1.80. The van der Waals surface area contributed by atoms with E-state index >= 15 is 0 Å². The SMILES string of the molecule is CCc1cccc(C(O)c2ccc(OC(C)C)cc2)c1. The first kappa shape index (κ1) is 14.6. The first-order valence-corrected chi connectivity index (χ1v) is 7.13. The molecule has 1 atom stereocenters. The smallest absolute Gasteiger partial charge is 0.119 e. The van der Waals surface area contributed by atoms with Gasteiger partial charge in [-0.1, -0.05) is 43.3 Å². The highest BCUT2D eigenvalue weighted by atomic mass is 16.5. The lowest BCUT2D eigenvalue weighted by molar-refractivity contribution is 0.219. The van der Waals surface area contributed by atoms with Gasteiger partial charge in [0.05, 0.1) is 6.10 Å². The van der Waals surface area contributed by atoms with Gasteiger partial charge in [0.1, 0.15) is 11.9 Å². The Morgan fingerprint density at radius 3 is 2.30 bits per heavy atom. The van der Waals surface area contributed by atoms with E-state index in [0.717, 1.165) is 23.3 Å². The van der Waals surface area contributed by atoms with Crippen molar-refractivity contribution in [3.63, 3.8) is 0 Å². The van der Waals surface area contributed by atoms with Gasteiger partial charge in [0, 0.05) is 0 Å². The molecule has 0 spiro atoms. The number of hydrogen-bond donors (Lipinski definition) is 1. The van der Waals surface area contributed by atoms with Crippen LogP contribution in [0.2, 0.25) is 0 Å². The molecule has 0 saturated heterocycles. The molecule has 2 nitrogen and oxygen atoms in total. The Balaban J connectivity index is 2.17. The van der Waals surface area contributed by atoms with Gasteiger partial charge in [-0.15, -0.1) is 0 Å². The van der Waals surface area contributed by atoms with Gasteiger partial charge < -0.3 is 9.84 Å². The monoisotopic (exact) mass is 270 g/mol. The van der Waals surface area contributed by atoms with Crippen LogP contribution in [0.4, 0.5) is 0 Å². The van der Waals surface area contributed by atoms with Gasteiger partial charge in [-0.2, -0.15) is 0 Å². The molecule has 0 bridgehead atoms. The molecule has 0 heterocycles. The number of benzene rings is 2.